The normalized spacial score (nSPS) is 11.3. The van der Waals surface area contributed by atoms with Crippen molar-refractivity contribution in [3.63, 3.8) is 0 Å². The number of thiophene rings is 1. The minimum absolute atomic E-state index is 0.164. The van der Waals surface area contributed by atoms with Gasteiger partial charge in [-0.3, -0.25) is 10.6 Å². The van der Waals surface area contributed by atoms with Gasteiger partial charge in [0.2, 0.25) is 0 Å². The summed E-state index contributed by atoms with van der Waals surface area (Å²) in [5.74, 6) is 0. The molecular formula is C16H24N4O4S. The largest absolute Gasteiger partial charge is 0.444 e. The van der Waals surface area contributed by atoms with Crippen LogP contribution in [0.1, 0.15) is 47.1 Å². The predicted molar refractivity (Wildman–Crippen MR) is 98.3 cm³/mol. The van der Waals surface area contributed by atoms with Crippen LogP contribution in [-0.4, -0.2) is 30.4 Å². The number of anilines is 3. The monoisotopic (exact) mass is 368 g/mol. The lowest BCUT2D eigenvalue weighted by molar-refractivity contribution is 0.0621. The highest BCUT2D eigenvalue weighted by Gasteiger charge is 2.25. The molecule has 3 N–H and O–H groups in total. The average molecular weight is 368 g/mol. The van der Waals surface area contributed by atoms with Gasteiger partial charge in [-0.05, 0) is 41.5 Å². The number of carbonyl (C=O) groups excluding carboxylic acids is 2. The molecule has 0 aliphatic heterocycles. The van der Waals surface area contributed by atoms with Crippen LogP contribution in [0, 0.1) is 11.3 Å². The Morgan fingerprint density at radius 2 is 1.44 bits per heavy atom. The summed E-state index contributed by atoms with van der Waals surface area (Å²) in [5.41, 5.74) is -1.01. The molecule has 0 fully saturated rings. The van der Waals surface area contributed by atoms with E-state index in [1.807, 2.05) is 6.07 Å². The third kappa shape index (κ3) is 6.51. The van der Waals surface area contributed by atoms with Crippen molar-refractivity contribution < 1.29 is 19.1 Å². The molecule has 25 heavy (non-hydrogen) atoms. The maximum absolute atomic E-state index is 12.1. The van der Waals surface area contributed by atoms with E-state index >= 15 is 0 Å². The molecular weight excluding hydrogens is 344 g/mol. The molecule has 1 rings (SSSR count). The predicted octanol–water partition coefficient (Wildman–Crippen LogP) is 4.36. The van der Waals surface area contributed by atoms with Gasteiger partial charge in [-0.15, -0.1) is 0 Å². The van der Waals surface area contributed by atoms with E-state index in [9.17, 15) is 14.9 Å². The summed E-state index contributed by atoms with van der Waals surface area (Å²) in [5, 5.41) is 18.1. The van der Waals surface area contributed by atoms with E-state index in [2.05, 4.69) is 16.0 Å². The fourth-order valence-electron chi connectivity index (χ4n) is 1.72. The van der Waals surface area contributed by atoms with Crippen LogP contribution in [0.4, 0.5) is 25.3 Å². The molecule has 0 saturated carbocycles. The van der Waals surface area contributed by atoms with Gasteiger partial charge in [0.05, 0.1) is 5.69 Å². The zero-order valence-corrected chi connectivity index (χ0v) is 16.3. The third-order valence-corrected chi connectivity index (χ3v) is 3.61. The first-order valence-electron chi connectivity index (χ1n) is 7.61. The van der Waals surface area contributed by atoms with Gasteiger partial charge in [0.25, 0.3) is 0 Å². The van der Waals surface area contributed by atoms with E-state index in [-0.39, 0.29) is 16.3 Å². The van der Waals surface area contributed by atoms with Gasteiger partial charge in [0, 0.05) is 7.05 Å². The van der Waals surface area contributed by atoms with Crippen LogP contribution >= 0.6 is 11.3 Å². The number of hydrogen-bond donors (Lipinski definition) is 3. The summed E-state index contributed by atoms with van der Waals surface area (Å²) in [6, 6.07) is 2.01. The SMILES string of the molecule is CNc1sc(NC(=O)OC(C)(C)C)c(NC(=O)OC(C)(C)C)c1C#N. The van der Waals surface area contributed by atoms with E-state index in [0.29, 0.717) is 5.00 Å². The van der Waals surface area contributed by atoms with Gasteiger partial charge in [-0.2, -0.15) is 5.26 Å². The van der Waals surface area contributed by atoms with Crippen molar-refractivity contribution in [2.75, 3.05) is 23.0 Å². The standard InChI is InChI=1S/C16H24N4O4S/c1-15(2,3)23-13(21)19-10-9(8-17)11(18-7)25-12(10)20-14(22)24-16(4,5)6/h18H,1-7H3,(H,19,21)(H,20,22). The fourth-order valence-corrected chi connectivity index (χ4v) is 2.67. The lowest BCUT2D eigenvalue weighted by atomic mass is 10.2. The first kappa shape index (κ1) is 20.6. The highest BCUT2D eigenvalue weighted by atomic mass is 32.1. The van der Waals surface area contributed by atoms with Crippen LogP contribution in [0.25, 0.3) is 0 Å². The van der Waals surface area contributed by atoms with Crippen LogP contribution in [0.3, 0.4) is 0 Å². The number of rotatable bonds is 3. The minimum atomic E-state index is -0.725. The molecule has 2 amide bonds. The number of nitriles is 1. The highest BCUT2D eigenvalue weighted by molar-refractivity contribution is 7.21. The van der Waals surface area contributed by atoms with Gasteiger partial charge >= 0.3 is 12.2 Å². The number of ether oxygens (including phenoxy) is 2. The van der Waals surface area contributed by atoms with Crippen molar-refractivity contribution in [1.82, 2.24) is 0 Å². The van der Waals surface area contributed by atoms with Gasteiger partial charge < -0.3 is 14.8 Å². The zero-order chi connectivity index (χ0) is 19.4. The quantitative estimate of drug-likeness (QED) is 0.731. The minimum Gasteiger partial charge on any atom is -0.444 e. The van der Waals surface area contributed by atoms with Gasteiger partial charge in [0.1, 0.15) is 32.8 Å². The van der Waals surface area contributed by atoms with E-state index < -0.39 is 23.4 Å². The molecule has 0 aromatic carbocycles. The van der Waals surface area contributed by atoms with Gasteiger partial charge in [0.15, 0.2) is 0 Å². The maximum Gasteiger partial charge on any atom is 0.412 e. The van der Waals surface area contributed by atoms with Crippen LogP contribution < -0.4 is 16.0 Å². The van der Waals surface area contributed by atoms with E-state index in [1.54, 1.807) is 48.6 Å². The molecule has 1 heterocycles. The Labute approximate surface area is 151 Å². The summed E-state index contributed by atoms with van der Waals surface area (Å²) < 4.78 is 10.4. The van der Waals surface area contributed by atoms with Crippen molar-refractivity contribution >= 4 is 39.2 Å². The average Bonchev–Trinajstić information content (AvgIpc) is 2.71. The second-order valence-electron chi connectivity index (χ2n) is 7.13. The third-order valence-electron chi connectivity index (χ3n) is 2.49. The topological polar surface area (TPSA) is 112 Å². The van der Waals surface area contributed by atoms with Crippen molar-refractivity contribution in [3.8, 4) is 6.07 Å². The van der Waals surface area contributed by atoms with Crippen molar-refractivity contribution in [1.29, 1.82) is 5.26 Å². The summed E-state index contributed by atoms with van der Waals surface area (Å²) in [6.07, 6.45) is -1.41. The first-order chi connectivity index (χ1) is 11.4. The molecule has 138 valence electrons. The summed E-state index contributed by atoms with van der Waals surface area (Å²) in [7, 11) is 1.64. The zero-order valence-electron chi connectivity index (χ0n) is 15.5. The number of nitrogens with zero attached hydrogens (tertiary/aromatic N) is 1. The lowest BCUT2D eigenvalue weighted by Gasteiger charge is -2.21. The number of hydrogen-bond acceptors (Lipinski definition) is 7. The van der Waals surface area contributed by atoms with Crippen molar-refractivity contribution in [2.24, 2.45) is 0 Å². The fraction of sp³-hybridized carbons (Fsp3) is 0.562. The molecule has 0 spiro atoms. The molecule has 8 nitrogen and oxygen atoms in total. The van der Waals surface area contributed by atoms with Crippen molar-refractivity contribution in [2.45, 2.75) is 52.7 Å². The molecule has 0 aliphatic rings. The Morgan fingerprint density at radius 3 is 1.84 bits per heavy atom. The van der Waals surface area contributed by atoms with E-state index in [4.69, 9.17) is 9.47 Å². The second-order valence-corrected chi connectivity index (χ2v) is 8.15. The molecule has 0 bridgehead atoms. The maximum atomic E-state index is 12.1. The van der Waals surface area contributed by atoms with Gasteiger partial charge in [-0.25, -0.2) is 9.59 Å². The Bertz CT molecular complexity index is 693. The first-order valence-corrected chi connectivity index (χ1v) is 8.42. The Kier molecular flexibility index (Phi) is 6.26. The van der Waals surface area contributed by atoms with E-state index in [0.717, 1.165) is 11.3 Å². The molecule has 0 saturated heterocycles. The smallest absolute Gasteiger partial charge is 0.412 e. The molecule has 0 unspecified atom stereocenters. The summed E-state index contributed by atoms with van der Waals surface area (Å²) in [4.78, 5) is 24.1. The number of carbonyl (C=O) groups is 2. The van der Waals surface area contributed by atoms with Crippen LogP contribution in [0.2, 0.25) is 0 Å². The molecule has 0 aliphatic carbocycles. The molecule has 1 aromatic rings. The molecule has 0 atom stereocenters. The molecule has 1 aromatic heterocycles. The van der Waals surface area contributed by atoms with Crippen molar-refractivity contribution in [3.05, 3.63) is 5.56 Å². The molecule has 0 radical (unpaired) electrons. The number of nitrogens with one attached hydrogen (secondary N) is 3. The number of amides is 2. The van der Waals surface area contributed by atoms with E-state index in [1.165, 1.54) is 0 Å². The Hall–Kier alpha value is -2.47. The van der Waals surface area contributed by atoms with Crippen LogP contribution in [-0.2, 0) is 9.47 Å². The highest BCUT2D eigenvalue weighted by Crippen LogP contribution is 2.41. The Morgan fingerprint density at radius 1 is 0.960 bits per heavy atom. The molecule has 9 heteroatoms. The Balaban J connectivity index is 3.12. The second kappa shape index (κ2) is 7.61. The van der Waals surface area contributed by atoms with Crippen LogP contribution in [0.5, 0.6) is 0 Å². The summed E-state index contributed by atoms with van der Waals surface area (Å²) >= 11 is 1.11. The van der Waals surface area contributed by atoms with Gasteiger partial charge in [-0.1, -0.05) is 11.3 Å². The summed E-state index contributed by atoms with van der Waals surface area (Å²) in [6.45, 7) is 10.4. The van der Waals surface area contributed by atoms with Crippen LogP contribution in [0.15, 0.2) is 0 Å². The lowest BCUT2D eigenvalue weighted by Crippen LogP contribution is -2.29.